The molecule has 0 atom stereocenters. The van der Waals surface area contributed by atoms with Gasteiger partial charge in [0.05, 0.1) is 10.6 Å². The van der Waals surface area contributed by atoms with Crippen LogP contribution in [0.3, 0.4) is 0 Å². The molecule has 0 spiro atoms. The number of aryl methyl sites for hydroxylation is 1. The number of hydrogen-bond donors (Lipinski definition) is 1. The van der Waals surface area contributed by atoms with Crippen LogP contribution in [0.4, 0.5) is 5.82 Å². The van der Waals surface area contributed by atoms with Gasteiger partial charge < -0.3 is 5.32 Å². The Balaban J connectivity index is 2.45. The second-order valence-electron chi connectivity index (χ2n) is 4.59. The molecule has 0 unspecified atom stereocenters. The van der Waals surface area contributed by atoms with Crippen LogP contribution in [0.15, 0.2) is 18.2 Å². The van der Waals surface area contributed by atoms with E-state index in [1.165, 1.54) is 9.75 Å². The van der Waals surface area contributed by atoms with Gasteiger partial charge in [-0.3, -0.25) is 0 Å². The largest absolute Gasteiger partial charge is 0.370 e. The Kier molecular flexibility index (Phi) is 3.97. The quantitative estimate of drug-likeness (QED) is 0.901. The van der Waals surface area contributed by atoms with Crippen molar-refractivity contribution in [1.82, 2.24) is 9.97 Å². The minimum Gasteiger partial charge on any atom is -0.370 e. The maximum absolute atomic E-state index is 4.66. The number of rotatable bonds is 4. The van der Waals surface area contributed by atoms with Crippen molar-refractivity contribution in [3.63, 3.8) is 0 Å². The summed E-state index contributed by atoms with van der Waals surface area (Å²) in [7, 11) is 0. The predicted molar refractivity (Wildman–Crippen MR) is 78.3 cm³/mol. The van der Waals surface area contributed by atoms with Crippen LogP contribution in [-0.4, -0.2) is 16.5 Å². The van der Waals surface area contributed by atoms with Gasteiger partial charge in [-0.15, -0.1) is 11.3 Å². The fourth-order valence-electron chi connectivity index (χ4n) is 1.69. The van der Waals surface area contributed by atoms with Crippen molar-refractivity contribution in [3.8, 4) is 10.6 Å². The lowest BCUT2D eigenvalue weighted by molar-refractivity contribution is 0.777. The van der Waals surface area contributed by atoms with E-state index in [9.17, 15) is 0 Å². The first kappa shape index (κ1) is 13.0. The first-order chi connectivity index (χ1) is 8.60. The molecule has 2 aromatic heterocycles. The first-order valence-corrected chi connectivity index (χ1v) is 7.11. The summed E-state index contributed by atoms with van der Waals surface area (Å²) in [5.74, 6) is 2.15. The van der Waals surface area contributed by atoms with Crippen LogP contribution in [0, 0.1) is 6.92 Å². The lowest BCUT2D eigenvalue weighted by atomic mass is 10.2. The Bertz CT molecular complexity index is 532. The third kappa shape index (κ3) is 2.88. The number of nitrogens with one attached hydrogen (secondary N) is 1. The van der Waals surface area contributed by atoms with Crippen molar-refractivity contribution in [2.75, 3.05) is 11.9 Å². The topological polar surface area (TPSA) is 37.8 Å². The van der Waals surface area contributed by atoms with E-state index >= 15 is 0 Å². The van der Waals surface area contributed by atoms with Gasteiger partial charge in [-0.05, 0) is 26.0 Å². The summed E-state index contributed by atoms with van der Waals surface area (Å²) >= 11 is 1.77. The monoisotopic (exact) mass is 261 g/mol. The molecule has 0 aliphatic heterocycles. The molecule has 0 fully saturated rings. The van der Waals surface area contributed by atoms with Crippen molar-refractivity contribution in [2.24, 2.45) is 0 Å². The van der Waals surface area contributed by atoms with E-state index < -0.39 is 0 Å². The molecule has 3 nitrogen and oxygen atoms in total. The lowest BCUT2D eigenvalue weighted by Crippen LogP contribution is -2.05. The molecule has 0 aromatic carbocycles. The SMILES string of the molecule is CCNc1cc(-c2ccc(C)s2)nc(C(C)C)n1. The van der Waals surface area contributed by atoms with Crippen LogP contribution < -0.4 is 5.32 Å². The summed E-state index contributed by atoms with van der Waals surface area (Å²) in [5.41, 5.74) is 1.02. The van der Waals surface area contributed by atoms with Gasteiger partial charge in [-0.1, -0.05) is 13.8 Å². The van der Waals surface area contributed by atoms with Gasteiger partial charge >= 0.3 is 0 Å². The minimum atomic E-state index is 0.336. The molecule has 18 heavy (non-hydrogen) atoms. The van der Waals surface area contributed by atoms with Crippen LogP contribution in [0.2, 0.25) is 0 Å². The molecule has 0 radical (unpaired) electrons. The highest BCUT2D eigenvalue weighted by Crippen LogP contribution is 2.28. The van der Waals surface area contributed by atoms with Crippen molar-refractivity contribution < 1.29 is 0 Å². The predicted octanol–water partition coefficient (Wildman–Crippen LogP) is 4.07. The molecular formula is C14H19N3S. The van der Waals surface area contributed by atoms with E-state index in [4.69, 9.17) is 0 Å². The van der Waals surface area contributed by atoms with Gasteiger partial charge in [0.15, 0.2) is 0 Å². The normalized spacial score (nSPS) is 10.9. The second kappa shape index (κ2) is 5.48. The molecule has 2 heterocycles. The van der Waals surface area contributed by atoms with Gasteiger partial charge in [0, 0.05) is 23.4 Å². The molecule has 0 saturated carbocycles. The standard InChI is InChI=1S/C14H19N3S/c1-5-15-13-8-11(12-7-6-10(4)18-12)16-14(17-13)9(2)3/h6-9H,5H2,1-4H3,(H,15,16,17). The molecule has 4 heteroatoms. The molecular weight excluding hydrogens is 242 g/mol. The number of aromatic nitrogens is 2. The summed E-state index contributed by atoms with van der Waals surface area (Å²) < 4.78 is 0. The maximum atomic E-state index is 4.66. The van der Waals surface area contributed by atoms with Crippen LogP contribution in [0.5, 0.6) is 0 Å². The third-order valence-electron chi connectivity index (χ3n) is 2.61. The van der Waals surface area contributed by atoms with Crippen LogP contribution in [-0.2, 0) is 0 Å². The van der Waals surface area contributed by atoms with Crippen LogP contribution in [0.1, 0.15) is 37.4 Å². The van der Waals surface area contributed by atoms with E-state index in [1.54, 1.807) is 11.3 Å². The number of hydrogen-bond acceptors (Lipinski definition) is 4. The molecule has 96 valence electrons. The molecule has 1 N–H and O–H groups in total. The summed E-state index contributed by atoms with van der Waals surface area (Å²) in [4.78, 5) is 11.7. The number of anilines is 1. The Morgan fingerprint density at radius 1 is 1.28 bits per heavy atom. The molecule has 2 rings (SSSR count). The average molecular weight is 261 g/mol. The number of thiophene rings is 1. The zero-order valence-electron chi connectivity index (χ0n) is 11.3. The smallest absolute Gasteiger partial charge is 0.133 e. The minimum absolute atomic E-state index is 0.336. The van der Waals surface area contributed by atoms with Crippen molar-refractivity contribution in [3.05, 3.63) is 28.9 Å². The van der Waals surface area contributed by atoms with Crippen LogP contribution >= 0.6 is 11.3 Å². The summed E-state index contributed by atoms with van der Waals surface area (Å²) in [6.45, 7) is 9.30. The van der Waals surface area contributed by atoms with Crippen molar-refractivity contribution in [1.29, 1.82) is 0 Å². The Hall–Kier alpha value is -1.42. The molecule has 0 saturated heterocycles. The summed E-state index contributed by atoms with van der Waals surface area (Å²) in [5, 5.41) is 3.27. The highest BCUT2D eigenvalue weighted by molar-refractivity contribution is 7.15. The van der Waals surface area contributed by atoms with Gasteiger partial charge in [0.1, 0.15) is 11.6 Å². The molecule has 0 aliphatic carbocycles. The number of nitrogens with zero attached hydrogens (tertiary/aromatic N) is 2. The summed E-state index contributed by atoms with van der Waals surface area (Å²) in [6, 6.07) is 6.28. The van der Waals surface area contributed by atoms with Gasteiger partial charge in [0.25, 0.3) is 0 Å². The Morgan fingerprint density at radius 3 is 2.61 bits per heavy atom. The van der Waals surface area contributed by atoms with E-state index in [0.29, 0.717) is 5.92 Å². The van der Waals surface area contributed by atoms with Crippen molar-refractivity contribution >= 4 is 17.2 Å². The first-order valence-electron chi connectivity index (χ1n) is 6.29. The van der Waals surface area contributed by atoms with E-state index in [1.807, 2.05) is 6.07 Å². The zero-order valence-corrected chi connectivity index (χ0v) is 12.1. The fourth-order valence-corrected chi connectivity index (χ4v) is 2.52. The van der Waals surface area contributed by atoms with E-state index in [2.05, 4.69) is 55.1 Å². The second-order valence-corrected chi connectivity index (χ2v) is 5.88. The molecule has 0 amide bonds. The van der Waals surface area contributed by atoms with Gasteiger partial charge in [-0.2, -0.15) is 0 Å². The Labute approximate surface area is 112 Å². The van der Waals surface area contributed by atoms with Crippen LogP contribution in [0.25, 0.3) is 10.6 Å². The van der Waals surface area contributed by atoms with Gasteiger partial charge in [0.2, 0.25) is 0 Å². The fraction of sp³-hybridized carbons (Fsp3) is 0.429. The highest BCUT2D eigenvalue weighted by Gasteiger charge is 2.10. The van der Waals surface area contributed by atoms with E-state index in [0.717, 1.165) is 23.9 Å². The molecule has 0 aliphatic rings. The highest BCUT2D eigenvalue weighted by atomic mass is 32.1. The molecule has 0 bridgehead atoms. The summed E-state index contributed by atoms with van der Waals surface area (Å²) in [6.07, 6.45) is 0. The third-order valence-corrected chi connectivity index (χ3v) is 3.63. The Morgan fingerprint density at radius 2 is 2.06 bits per heavy atom. The lowest BCUT2D eigenvalue weighted by Gasteiger charge is -2.10. The molecule has 2 aromatic rings. The average Bonchev–Trinajstić information content (AvgIpc) is 2.76. The van der Waals surface area contributed by atoms with Crippen molar-refractivity contribution in [2.45, 2.75) is 33.6 Å². The van der Waals surface area contributed by atoms with E-state index in [-0.39, 0.29) is 0 Å². The maximum Gasteiger partial charge on any atom is 0.133 e. The van der Waals surface area contributed by atoms with Gasteiger partial charge in [-0.25, -0.2) is 9.97 Å². The zero-order chi connectivity index (χ0) is 13.1.